The van der Waals surface area contributed by atoms with Gasteiger partial charge in [0.25, 0.3) is 0 Å². The number of benzene rings is 1. The molecule has 2 rings (SSSR count). The van der Waals surface area contributed by atoms with E-state index in [1.807, 2.05) is 6.92 Å². The van der Waals surface area contributed by atoms with Crippen LogP contribution in [0.1, 0.15) is 18.4 Å². The number of nitrogens with zero attached hydrogens (tertiary/aromatic N) is 1. The SMILES string of the molecule is Cc1ccc([N+](=O)[O-])c(OCC2(CBr)CC2)c1. The van der Waals surface area contributed by atoms with Gasteiger partial charge < -0.3 is 4.74 Å². The molecule has 1 aromatic carbocycles. The van der Waals surface area contributed by atoms with Crippen molar-refractivity contribution >= 4 is 21.6 Å². The quantitative estimate of drug-likeness (QED) is 0.475. The number of aryl methyl sites for hydroxylation is 1. The summed E-state index contributed by atoms with van der Waals surface area (Å²) >= 11 is 3.45. The van der Waals surface area contributed by atoms with Crippen molar-refractivity contribution in [3.8, 4) is 5.75 Å². The third-order valence-corrected chi connectivity index (χ3v) is 4.28. The van der Waals surface area contributed by atoms with Crippen molar-refractivity contribution < 1.29 is 9.66 Å². The highest BCUT2D eigenvalue weighted by Gasteiger charge is 2.42. The molecule has 17 heavy (non-hydrogen) atoms. The van der Waals surface area contributed by atoms with E-state index in [2.05, 4.69) is 15.9 Å². The largest absolute Gasteiger partial charge is 0.486 e. The van der Waals surface area contributed by atoms with Crippen LogP contribution in [0.25, 0.3) is 0 Å². The van der Waals surface area contributed by atoms with Gasteiger partial charge in [0, 0.05) is 16.8 Å². The Morgan fingerprint density at radius 2 is 2.24 bits per heavy atom. The van der Waals surface area contributed by atoms with Gasteiger partial charge in [-0.05, 0) is 31.4 Å². The van der Waals surface area contributed by atoms with E-state index >= 15 is 0 Å². The Labute approximate surface area is 108 Å². The van der Waals surface area contributed by atoms with Gasteiger partial charge in [0.05, 0.1) is 11.5 Å². The third-order valence-electron chi connectivity index (χ3n) is 3.09. The molecule has 1 aliphatic rings. The minimum Gasteiger partial charge on any atom is -0.486 e. The van der Waals surface area contributed by atoms with Crippen LogP contribution in [0.15, 0.2) is 18.2 Å². The summed E-state index contributed by atoms with van der Waals surface area (Å²) in [5.74, 6) is 0.377. The van der Waals surface area contributed by atoms with E-state index in [0.29, 0.717) is 12.4 Å². The molecule has 4 nitrogen and oxygen atoms in total. The molecule has 0 heterocycles. The van der Waals surface area contributed by atoms with E-state index < -0.39 is 4.92 Å². The van der Waals surface area contributed by atoms with Gasteiger partial charge in [-0.25, -0.2) is 0 Å². The summed E-state index contributed by atoms with van der Waals surface area (Å²) in [6, 6.07) is 4.95. The first-order valence-electron chi connectivity index (χ1n) is 5.50. The fourth-order valence-corrected chi connectivity index (χ4v) is 2.33. The fraction of sp³-hybridized carbons (Fsp3) is 0.500. The van der Waals surface area contributed by atoms with Crippen molar-refractivity contribution in [2.24, 2.45) is 5.41 Å². The summed E-state index contributed by atoms with van der Waals surface area (Å²) in [5.41, 5.74) is 1.20. The van der Waals surface area contributed by atoms with Crippen LogP contribution in [0, 0.1) is 22.5 Å². The maximum absolute atomic E-state index is 10.9. The Bertz CT molecular complexity index is 443. The number of ether oxygens (including phenoxy) is 1. The van der Waals surface area contributed by atoms with Crippen LogP contribution in [0.2, 0.25) is 0 Å². The minimum absolute atomic E-state index is 0.0426. The van der Waals surface area contributed by atoms with Gasteiger partial charge in [0.1, 0.15) is 0 Å². The second-order valence-electron chi connectivity index (χ2n) is 4.65. The van der Waals surface area contributed by atoms with Crippen LogP contribution in [0.3, 0.4) is 0 Å². The first-order valence-corrected chi connectivity index (χ1v) is 6.62. The Morgan fingerprint density at radius 1 is 1.53 bits per heavy atom. The molecule has 92 valence electrons. The molecule has 0 amide bonds. The highest BCUT2D eigenvalue weighted by atomic mass is 79.9. The standard InChI is InChI=1S/C12H14BrNO3/c1-9-2-3-10(14(15)16)11(6-9)17-8-12(7-13)4-5-12/h2-3,6H,4-5,7-8H2,1H3. The molecule has 0 radical (unpaired) electrons. The van der Waals surface area contributed by atoms with Gasteiger partial charge in [-0.3, -0.25) is 10.1 Å². The number of nitro benzene ring substituents is 1. The predicted molar refractivity (Wildman–Crippen MR) is 68.8 cm³/mol. The molecule has 1 saturated carbocycles. The maximum Gasteiger partial charge on any atom is 0.310 e. The van der Waals surface area contributed by atoms with E-state index in [9.17, 15) is 10.1 Å². The van der Waals surface area contributed by atoms with Crippen LogP contribution in [-0.2, 0) is 0 Å². The van der Waals surface area contributed by atoms with Crippen LogP contribution in [0.5, 0.6) is 5.75 Å². The van der Waals surface area contributed by atoms with Crippen molar-refractivity contribution in [1.29, 1.82) is 0 Å². The zero-order chi connectivity index (χ0) is 12.5. The average molecular weight is 300 g/mol. The predicted octanol–water partition coefficient (Wildman–Crippen LogP) is 3.46. The van der Waals surface area contributed by atoms with Crippen molar-refractivity contribution in [2.75, 3.05) is 11.9 Å². The number of nitro groups is 1. The number of alkyl halides is 1. The van der Waals surface area contributed by atoms with Gasteiger partial charge in [-0.2, -0.15) is 0 Å². The topological polar surface area (TPSA) is 52.4 Å². The zero-order valence-electron chi connectivity index (χ0n) is 9.61. The summed E-state index contributed by atoms with van der Waals surface area (Å²) in [4.78, 5) is 10.5. The Morgan fingerprint density at radius 3 is 2.76 bits per heavy atom. The van der Waals surface area contributed by atoms with Crippen molar-refractivity contribution in [1.82, 2.24) is 0 Å². The number of halogens is 1. The molecule has 0 aromatic heterocycles. The van der Waals surface area contributed by atoms with Crippen molar-refractivity contribution in [2.45, 2.75) is 19.8 Å². The third kappa shape index (κ3) is 2.77. The molecule has 0 N–H and O–H groups in total. The van der Waals surface area contributed by atoms with E-state index in [0.717, 1.165) is 23.7 Å². The smallest absolute Gasteiger partial charge is 0.310 e. The second kappa shape index (κ2) is 4.64. The molecule has 0 atom stereocenters. The highest BCUT2D eigenvalue weighted by molar-refractivity contribution is 9.09. The molecule has 0 saturated heterocycles. The molecule has 1 fully saturated rings. The molecular formula is C12H14BrNO3. The molecule has 0 bridgehead atoms. The lowest BCUT2D eigenvalue weighted by Gasteiger charge is -2.13. The molecular weight excluding hydrogens is 286 g/mol. The monoisotopic (exact) mass is 299 g/mol. The van der Waals surface area contributed by atoms with E-state index in [1.165, 1.54) is 6.07 Å². The van der Waals surface area contributed by atoms with Gasteiger partial charge in [-0.15, -0.1) is 0 Å². The van der Waals surface area contributed by atoms with Crippen LogP contribution in [0.4, 0.5) is 5.69 Å². The normalized spacial score (nSPS) is 16.6. The van der Waals surface area contributed by atoms with Crippen LogP contribution < -0.4 is 4.74 Å². The molecule has 1 aliphatic carbocycles. The fourth-order valence-electron chi connectivity index (χ4n) is 1.61. The Hall–Kier alpha value is -1.10. The highest BCUT2D eigenvalue weighted by Crippen LogP contribution is 2.47. The minimum atomic E-state index is -0.400. The summed E-state index contributed by atoms with van der Waals surface area (Å²) in [6.07, 6.45) is 2.25. The summed E-state index contributed by atoms with van der Waals surface area (Å²) in [7, 11) is 0. The molecule has 0 aliphatic heterocycles. The lowest BCUT2D eigenvalue weighted by molar-refractivity contribution is -0.385. The first-order chi connectivity index (χ1) is 8.06. The Kier molecular flexibility index (Phi) is 3.38. The van der Waals surface area contributed by atoms with E-state index in [1.54, 1.807) is 12.1 Å². The van der Waals surface area contributed by atoms with E-state index in [-0.39, 0.29) is 11.1 Å². The van der Waals surface area contributed by atoms with Gasteiger partial charge in [0.2, 0.25) is 0 Å². The molecule has 0 spiro atoms. The second-order valence-corrected chi connectivity index (χ2v) is 5.21. The number of hydrogen-bond donors (Lipinski definition) is 0. The molecule has 0 unspecified atom stereocenters. The van der Waals surface area contributed by atoms with Crippen molar-refractivity contribution in [3.05, 3.63) is 33.9 Å². The Balaban J connectivity index is 2.13. The van der Waals surface area contributed by atoms with E-state index in [4.69, 9.17) is 4.74 Å². The lowest BCUT2D eigenvalue weighted by atomic mass is 10.1. The number of hydrogen-bond acceptors (Lipinski definition) is 3. The molecule has 1 aromatic rings. The first kappa shape index (κ1) is 12.4. The van der Waals surface area contributed by atoms with Gasteiger partial charge in [-0.1, -0.05) is 22.0 Å². The lowest BCUT2D eigenvalue weighted by Crippen LogP contribution is -2.14. The zero-order valence-corrected chi connectivity index (χ0v) is 11.2. The summed E-state index contributed by atoms with van der Waals surface area (Å²) in [5, 5.41) is 11.7. The van der Waals surface area contributed by atoms with Gasteiger partial charge >= 0.3 is 5.69 Å². The summed E-state index contributed by atoms with van der Waals surface area (Å²) in [6.45, 7) is 2.44. The van der Waals surface area contributed by atoms with Crippen LogP contribution >= 0.6 is 15.9 Å². The summed E-state index contributed by atoms with van der Waals surface area (Å²) < 4.78 is 5.63. The molecule has 5 heteroatoms. The average Bonchev–Trinajstić information content (AvgIpc) is 3.07. The van der Waals surface area contributed by atoms with Crippen molar-refractivity contribution in [3.63, 3.8) is 0 Å². The maximum atomic E-state index is 10.9. The number of rotatable bonds is 5. The van der Waals surface area contributed by atoms with Crippen LogP contribution in [-0.4, -0.2) is 16.9 Å². The van der Waals surface area contributed by atoms with Gasteiger partial charge in [0.15, 0.2) is 5.75 Å².